The maximum absolute atomic E-state index is 12.2. The average Bonchev–Trinajstić information content (AvgIpc) is 2.59. The molecule has 144 valence electrons. The normalized spacial score (nSPS) is 12.2. The lowest BCUT2D eigenvalue weighted by Crippen LogP contribution is -2.27. The summed E-state index contributed by atoms with van der Waals surface area (Å²) in [6.07, 6.45) is 1.78. The Balaban J connectivity index is 1.97. The van der Waals surface area contributed by atoms with Gasteiger partial charge in [0.15, 0.2) is 0 Å². The molecule has 3 N–H and O–H groups in total. The molecule has 8 heteroatoms. The van der Waals surface area contributed by atoms with E-state index in [-0.39, 0.29) is 23.9 Å². The van der Waals surface area contributed by atoms with Crippen LogP contribution in [0.5, 0.6) is 0 Å². The van der Waals surface area contributed by atoms with E-state index in [2.05, 4.69) is 10.0 Å². The third-order valence-corrected chi connectivity index (χ3v) is 4.53. The Morgan fingerprint density at radius 1 is 1.07 bits per heavy atom. The van der Waals surface area contributed by atoms with Gasteiger partial charge in [0.2, 0.25) is 15.9 Å². The highest BCUT2D eigenvalue weighted by Gasteiger charge is 2.15. The number of amides is 1. The zero-order chi connectivity index (χ0) is 20.0. The number of carbonyl (C=O) groups is 2. The van der Waals surface area contributed by atoms with Crippen LogP contribution >= 0.6 is 0 Å². The lowest BCUT2D eigenvalue weighted by atomic mass is 10.0. The van der Waals surface area contributed by atoms with Crippen molar-refractivity contribution in [1.29, 1.82) is 0 Å². The van der Waals surface area contributed by atoms with Gasteiger partial charge >= 0.3 is 5.97 Å². The molecule has 27 heavy (non-hydrogen) atoms. The minimum atomic E-state index is -3.42. The first-order chi connectivity index (χ1) is 12.7. The number of rotatable bonds is 8. The largest absolute Gasteiger partial charge is 0.478 e. The topological polar surface area (TPSA) is 113 Å². The second kappa shape index (κ2) is 8.68. The predicted octanol–water partition coefficient (Wildman–Crippen LogP) is 2.57. The van der Waals surface area contributed by atoms with Crippen molar-refractivity contribution in [3.63, 3.8) is 0 Å². The third kappa shape index (κ3) is 6.41. The monoisotopic (exact) mass is 390 g/mol. The molecule has 0 saturated carbocycles. The summed E-state index contributed by atoms with van der Waals surface area (Å²) >= 11 is 0. The van der Waals surface area contributed by atoms with E-state index < -0.39 is 16.0 Å². The highest BCUT2D eigenvalue weighted by atomic mass is 32.2. The Morgan fingerprint density at radius 3 is 2.30 bits per heavy atom. The summed E-state index contributed by atoms with van der Waals surface area (Å²) in [5.41, 5.74) is 2.16. The number of benzene rings is 2. The van der Waals surface area contributed by atoms with Crippen LogP contribution in [0.25, 0.3) is 0 Å². The van der Waals surface area contributed by atoms with Gasteiger partial charge in [-0.25, -0.2) is 13.2 Å². The molecule has 1 amide bonds. The summed E-state index contributed by atoms with van der Waals surface area (Å²) in [7, 11) is -3.42. The van der Waals surface area contributed by atoms with Gasteiger partial charge in [0.05, 0.1) is 23.5 Å². The fourth-order valence-electron chi connectivity index (χ4n) is 2.63. The van der Waals surface area contributed by atoms with Gasteiger partial charge in [-0.15, -0.1) is 0 Å². The van der Waals surface area contributed by atoms with Crippen molar-refractivity contribution in [2.75, 3.05) is 11.0 Å². The molecule has 0 radical (unpaired) electrons. The number of carboxylic acid groups (broad SMARTS) is 1. The predicted molar refractivity (Wildman–Crippen MR) is 103 cm³/mol. The van der Waals surface area contributed by atoms with Crippen LogP contribution in [-0.2, 0) is 21.2 Å². The molecule has 0 aliphatic heterocycles. The molecule has 0 aromatic heterocycles. The zero-order valence-electron chi connectivity index (χ0n) is 15.1. The second-order valence-corrected chi connectivity index (χ2v) is 8.00. The number of para-hydroxylation sites is 1. The van der Waals surface area contributed by atoms with Crippen LogP contribution in [0.4, 0.5) is 5.69 Å². The molecule has 0 bridgehead atoms. The SMILES string of the molecule is CC(NC(=O)CCc1ccc(C(=O)O)cc1)c1ccccc1NS(C)(=O)=O. The van der Waals surface area contributed by atoms with Crippen LogP contribution in [0.3, 0.4) is 0 Å². The van der Waals surface area contributed by atoms with E-state index in [1.807, 2.05) is 0 Å². The first-order valence-electron chi connectivity index (χ1n) is 8.34. The lowest BCUT2D eigenvalue weighted by molar-refractivity contribution is -0.121. The van der Waals surface area contributed by atoms with E-state index in [1.54, 1.807) is 43.3 Å². The first-order valence-corrected chi connectivity index (χ1v) is 10.2. The number of carboxylic acids is 1. The van der Waals surface area contributed by atoms with Crippen LogP contribution in [-0.4, -0.2) is 31.7 Å². The van der Waals surface area contributed by atoms with Gasteiger partial charge in [-0.2, -0.15) is 0 Å². The van der Waals surface area contributed by atoms with Gasteiger partial charge in [0.25, 0.3) is 0 Å². The van der Waals surface area contributed by atoms with E-state index in [0.29, 0.717) is 17.7 Å². The Labute approximate surface area is 158 Å². The molecular formula is C19H22N2O5S. The maximum atomic E-state index is 12.2. The third-order valence-electron chi connectivity index (χ3n) is 3.94. The van der Waals surface area contributed by atoms with Gasteiger partial charge in [0.1, 0.15) is 0 Å². The number of aryl methyl sites for hydroxylation is 1. The van der Waals surface area contributed by atoms with E-state index in [4.69, 9.17) is 5.11 Å². The van der Waals surface area contributed by atoms with E-state index >= 15 is 0 Å². The molecule has 2 rings (SSSR count). The highest BCUT2D eigenvalue weighted by molar-refractivity contribution is 7.92. The van der Waals surface area contributed by atoms with Crippen molar-refractivity contribution in [1.82, 2.24) is 5.32 Å². The van der Waals surface area contributed by atoms with Crippen LogP contribution in [0.1, 0.15) is 40.9 Å². The molecule has 2 aromatic rings. The van der Waals surface area contributed by atoms with Crippen molar-refractivity contribution in [3.05, 3.63) is 65.2 Å². The lowest BCUT2D eigenvalue weighted by Gasteiger charge is -2.18. The summed E-state index contributed by atoms with van der Waals surface area (Å²) in [4.78, 5) is 23.1. The zero-order valence-corrected chi connectivity index (χ0v) is 15.9. The van der Waals surface area contributed by atoms with Gasteiger partial charge < -0.3 is 10.4 Å². The molecule has 0 saturated heterocycles. The fraction of sp³-hybridized carbons (Fsp3) is 0.263. The number of anilines is 1. The van der Waals surface area contributed by atoms with Crippen molar-refractivity contribution in [3.8, 4) is 0 Å². The van der Waals surface area contributed by atoms with Crippen molar-refractivity contribution >= 4 is 27.6 Å². The van der Waals surface area contributed by atoms with Crippen LogP contribution in [0.15, 0.2) is 48.5 Å². The number of hydrogen-bond acceptors (Lipinski definition) is 4. The van der Waals surface area contributed by atoms with Gasteiger partial charge in [0, 0.05) is 6.42 Å². The summed E-state index contributed by atoms with van der Waals surface area (Å²) in [5.74, 6) is -1.17. The Hall–Kier alpha value is -2.87. The summed E-state index contributed by atoms with van der Waals surface area (Å²) < 4.78 is 25.4. The Bertz CT molecular complexity index is 923. The quantitative estimate of drug-likeness (QED) is 0.641. The fourth-order valence-corrected chi connectivity index (χ4v) is 3.22. The minimum absolute atomic E-state index is 0.182. The molecular weight excluding hydrogens is 368 g/mol. The van der Waals surface area contributed by atoms with Crippen molar-refractivity contribution in [2.24, 2.45) is 0 Å². The molecule has 0 spiro atoms. The molecule has 1 unspecified atom stereocenters. The van der Waals surface area contributed by atoms with E-state index in [9.17, 15) is 18.0 Å². The molecule has 0 aliphatic carbocycles. The molecule has 0 fully saturated rings. The summed E-state index contributed by atoms with van der Waals surface area (Å²) in [6, 6.07) is 12.9. The van der Waals surface area contributed by atoms with Gasteiger partial charge in [-0.3, -0.25) is 9.52 Å². The smallest absolute Gasteiger partial charge is 0.335 e. The standard InChI is InChI=1S/C19H22N2O5S/c1-13(16-5-3-4-6-17(16)21-27(2,25)26)20-18(22)12-9-14-7-10-15(11-8-14)19(23)24/h3-8,10-11,13,21H,9,12H2,1-2H3,(H,20,22)(H,23,24). The molecule has 7 nitrogen and oxygen atoms in total. The van der Waals surface area contributed by atoms with E-state index in [0.717, 1.165) is 11.8 Å². The maximum Gasteiger partial charge on any atom is 0.335 e. The Morgan fingerprint density at radius 2 is 1.70 bits per heavy atom. The van der Waals surface area contributed by atoms with Gasteiger partial charge in [-0.1, -0.05) is 30.3 Å². The first kappa shape index (κ1) is 20.4. The summed E-state index contributed by atoms with van der Waals surface area (Å²) in [6.45, 7) is 1.78. The van der Waals surface area contributed by atoms with Crippen LogP contribution in [0.2, 0.25) is 0 Å². The molecule has 1 atom stereocenters. The molecule has 0 heterocycles. The number of nitrogens with one attached hydrogen (secondary N) is 2. The second-order valence-electron chi connectivity index (χ2n) is 6.25. The summed E-state index contributed by atoms with van der Waals surface area (Å²) in [5, 5.41) is 11.7. The van der Waals surface area contributed by atoms with Crippen molar-refractivity contribution < 1.29 is 23.1 Å². The molecule has 2 aromatic carbocycles. The number of aromatic carboxylic acids is 1. The van der Waals surface area contributed by atoms with Gasteiger partial charge in [-0.05, 0) is 42.7 Å². The van der Waals surface area contributed by atoms with Crippen LogP contribution < -0.4 is 10.0 Å². The van der Waals surface area contributed by atoms with Crippen LogP contribution in [0, 0.1) is 0 Å². The van der Waals surface area contributed by atoms with Crippen molar-refractivity contribution in [2.45, 2.75) is 25.8 Å². The molecule has 0 aliphatic rings. The number of sulfonamides is 1. The average molecular weight is 390 g/mol. The minimum Gasteiger partial charge on any atom is -0.478 e. The van der Waals surface area contributed by atoms with E-state index in [1.165, 1.54) is 12.1 Å². The highest BCUT2D eigenvalue weighted by Crippen LogP contribution is 2.23. The number of carbonyl (C=O) groups excluding carboxylic acids is 1. The number of hydrogen-bond donors (Lipinski definition) is 3. The Kier molecular flexibility index (Phi) is 6.57.